The van der Waals surface area contributed by atoms with Crippen molar-refractivity contribution in [1.82, 2.24) is 14.5 Å². The van der Waals surface area contributed by atoms with Crippen LogP contribution in [0.4, 0.5) is 10.5 Å². The predicted molar refractivity (Wildman–Crippen MR) is 176 cm³/mol. The average Bonchev–Trinajstić information content (AvgIpc) is 3.64. The van der Waals surface area contributed by atoms with Crippen LogP contribution in [-0.4, -0.2) is 56.6 Å². The fourth-order valence-electron chi connectivity index (χ4n) is 6.93. The molecule has 0 atom stereocenters. The molecule has 0 spiro atoms. The van der Waals surface area contributed by atoms with Crippen molar-refractivity contribution in [2.45, 2.75) is 58.2 Å². The highest BCUT2D eigenvalue weighted by molar-refractivity contribution is 7.18. The molecular weight excluding hydrogens is 614 g/mol. The Morgan fingerprint density at radius 3 is 2.47 bits per heavy atom. The molecule has 12 heteroatoms. The normalized spacial score (nSPS) is 19.6. The number of aromatic nitrogens is 2. The van der Waals surface area contributed by atoms with Gasteiger partial charge in [-0.2, -0.15) is 0 Å². The molecule has 236 valence electrons. The van der Waals surface area contributed by atoms with E-state index in [1.165, 1.54) is 11.3 Å². The number of ether oxygens (including phenoxy) is 1. The second kappa shape index (κ2) is 12.4. The number of aromatic carboxylic acids is 1. The van der Waals surface area contributed by atoms with E-state index in [1.807, 2.05) is 53.1 Å². The SMILES string of the molecule is CC1CCC(C(=O)N(c2cc(-c3ccc4c(c3)OCn3c-4nc4ccccc43)sc2C(=O)O)C2CCN(C(N)=O)CC2)CC1.Cl. The topological polar surface area (TPSA) is 131 Å². The zero-order valence-corrected chi connectivity index (χ0v) is 26.6. The molecule has 3 aliphatic rings. The molecule has 10 nitrogen and oxygen atoms in total. The highest BCUT2D eigenvalue weighted by Gasteiger charge is 2.38. The zero-order chi connectivity index (χ0) is 30.5. The summed E-state index contributed by atoms with van der Waals surface area (Å²) in [6.45, 7) is 3.40. The Morgan fingerprint density at radius 2 is 1.76 bits per heavy atom. The summed E-state index contributed by atoms with van der Waals surface area (Å²) in [7, 11) is 0. The van der Waals surface area contributed by atoms with Gasteiger partial charge in [0.05, 0.1) is 22.3 Å². The number of para-hydroxylation sites is 2. The molecular formula is C33H36ClN5O5S. The van der Waals surface area contributed by atoms with Crippen LogP contribution in [0.1, 0.15) is 55.1 Å². The molecule has 0 unspecified atom stereocenters. The first-order chi connectivity index (χ1) is 21.3. The maximum Gasteiger partial charge on any atom is 0.348 e. The largest absolute Gasteiger partial charge is 0.477 e. The molecule has 0 bridgehead atoms. The number of nitrogens with zero attached hydrogens (tertiary/aromatic N) is 4. The number of hydrogen-bond donors (Lipinski definition) is 2. The summed E-state index contributed by atoms with van der Waals surface area (Å²) in [5, 5.41) is 10.4. The van der Waals surface area contributed by atoms with E-state index in [9.17, 15) is 19.5 Å². The van der Waals surface area contributed by atoms with Crippen LogP contribution in [0.5, 0.6) is 5.75 Å². The van der Waals surface area contributed by atoms with Crippen molar-refractivity contribution in [3.8, 4) is 27.6 Å². The average molecular weight is 650 g/mol. The molecule has 2 aliphatic heterocycles. The highest BCUT2D eigenvalue weighted by Crippen LogP contribution is 2.44. The summed E-state index contributed by atoms with van der Waals surface area (Å²) in [6, 6.07) is 14.9. The van der Waals surface area contributed by atoms with E-state index in [2.05, 4.69) is 6.92 Å². The molecule has 0 radical (unpaired) electrons. The lowest BCUT2D eigenvalue weighted by atomic mass is 9.82. The number of hydrogen-bond acceptors (Lipinski definition) is 6. The van der Waals surface area contributed by atoms with E-state index in [0.29, 0.717) is 50.0 Å². The first-order valence-electron chi connectivity index (χ1n) is 15.3. The third-order valence-corrected chi connectivity index (χ3v) is 10.6. The van der Waals surface area contributed by atoms with Gasteiger partial charge in [-0.25, -0.2) is 14.6 Å². The number of benzene rings is 2. The summed E-state index contributed by atoms with van der Waals surface area (Å²) in [5.74, 6) is 0.856. The van der Waals surface area contributed by atoms with Crippen molar-refractivity contribution in [3.63, 3.8) is 0 Å². The van der Waals surface area contributed by atoms with Gasteiger partial charge in [0.15, 0.2) is 6.73 Å². The second-order valence-corrected chi connectivity index (χ2v) is 13.2. The van der Waals surface area contributed by atoms with Crippen LogP contribution < -0.4 is 15.4 Å². The quantitative estimate of drug-likeness (QED) is 0.250. The molecule has 1 saturated carbocycles. The maximum absolute atomic E-state index is 14.2. The lowest BCUT2D eigenvalue weighted by molar-refractivity contribution is -0.124. The van der Waals surface area contributed by atoms with Crippen molar-refractivity contribution in [2.75, 3.05) is 18.0 Å². The molecule has 2 aromatic heterocycles. The third kappa shape index (κ3) is 5.63. The minimum absolute atomic E-state index is 0. The maximum atomic E-state index is 14.2. The van der Waals surface area contributed by atoms with Crippen molar-refractivity contribution < 1.29 is 24.2 Å². The van der Waals surface area contributed by atoms with Gasteiger partial charge in [0.25, 0.3) is 0 Å². The fourth-order valence-corrected chi connectivity index (χ4v) is 7.91. The van der Waals surface area contributed by atoms with Gasteiger partial charge in [0, 0.05) is 29.9 Å². The molecule has 7 rings (SSSR count). The van der Waals surface area contributed by atoms with E-state index >= 15 is 0 Å². The van der Waals surface area contributed by atoms with Gasteiger partial charge >= 0.3 is 12.0 Å². The van der Waals surface area contributed by atoms with Crippen LogP contribution >= 0.6 is 23.7 Å². The lowest BCUT2D eigenvalue weighted by Gasteiger charge is -2.40. The van der Waals surface area contributed by atoms with E-state index in [4.69, 9.17) is 15.5 Å². The van der Waals surface area contributed by atoms with E-state index in [0.717, 1.165) is 58.5 Å². The Hall–Kier alpha value is -4.09. The van der Waals surface area contributed by atoms with E-state index < -0.39 is 12.0 Å². The number of carboxylic acid groups (broad SMARTS) is 1. The van der Waals surface area contributed by atoms with Crippen LogP contribution in [0.3, 0.4) is 0 Å². The number of carboxylic acids is 1. The third-order valence-electron chi connectivity index (χ3n) is 9.42. The Bertz CT molecular complexity index is 1770. The van der Waals surface area contributed by atoms with Gasteiger partial charge in [-0.1, -0.05) is 25.1 Å². The smallest absolute Gasteiger partial charge is 0.348 e. The van der Waals surface area contributed by atoms with Gasteiger partial charge in [0.1, 0.15) is 16.5 Å². The number of urea groups is 1. The zero-order valence-electron chi connectivity index (χ0n) is 25.0. The Balaban J connectivity index is 0.00000357. The molecule has 1 saturated heterocycles. The summed E-state index contributed by atoms with van der Waals surface area (Å²) in [6.07, 6.45) is 4.62. The number of carbonyl (C=O) groups excluding carboxylic acids is 2. The Labute approximate surface area is 271 Å². The number of nitrogens with two attached hydrogens (primary N) is 1. The highest BCUT2D eigenvalue weighted by atomic mass is 35.5. The van der Waals surface area contributed by atoms with Crippen LogP contribution in [0.15, 0.2) is 48.5 Å². The van der Waals surface area contributed by atoms with Crippen LogP contribution in [0, 0.1) is 11.8 Å². The first kappa shape index (κ1) is 30.9. The number of fused-ring (bicyclic) bond motifs is 5. The lowest BCUT2D eigenvalue weighted by Crippen LogP contribution is -2.52. The van der Waals surface area contributed by atoms with Gasteiger partial charge in [0.2, 0.25) is 5.91 Å². The van der Waals surface area contributed by atoms with Gasteiger partial charge in [-0.3, -0.25) is 9.36 Å². The number of carbonyl (C=O) groups is 3. The number of thiophene rings is 1. The van der Waals surface area contributed by atoms with E-state index in [1.54, 1.807) is 9.80 Å². The number of anilines is 1. The molecule has 4 heterocycles. The predicted octanol–water partition coefficient (Wildman–Crippen LogP) is 6.60. The second-order valence-electron chi connectivity index (χ2n) is 12.2. The molecule has 2 fully saturated rings. The fraction of sp³-hybridized carbons (Fsp3) is 0.394. The summed E-state index contributed by atoms with van der Waals surface area (Å²) in [5.41, 5.74) is 9.55. The van der Waals surface area contributed by atoms with Crippen molar-refractivity contribution >= 4 is 58.4 Å². The van der Waals surface area contributed by atoms with Crippen molar-refractivity contribution in [3.05, 3.63) is 53.4 Å². The van der Waals surface area contributed by atoms with Crippen molar-refractivity contribution in [1.29, 1.82) is 0 Å². The number of rotatable bonds is 5. The van der Waals surface area contributed by atoms with Crippen LogP contribution in [-0.2, 0) is 11.5 Å². The first-order valence-corrected chi connectivity index (χ1v) is 16.1. The van der Waals surface area contributed by atoms with E-state index in [-0.39, 0.29) is 35.2 Å². The molecule has 3 amide bonds. The number of halogens is 1. The number of likely N-dealkylation sites (tertiary alicyclic amines) is 1. The number of imidazole rings is 1. The number of amides is 3. The van der Waals surface area contributed by atoms with Gasteiger partial charge in [-0.05, 0) is 80.3 Å². The monoisotopic (exact) mass is 649 g/mol. The number of piperidine rings is 1. The van der Waals surface area contributed by atoms with Crippen molar-refractivity contribution in [2.24, 2.45) is 17.6 Å². The standard InChI is InChI=1S/C33H35N5O5S.ClH/c1-19-6-8-20(9-7-19)31(39)38(22-12-14-36(15-13-22)33(34)42)26-17-28(44-29(26)32(40)41)21-10-11-23-27(16-21)43-18-37-25-5-3-2-4-24(25)35-30(23)37;/h2-5,10-11,16-17,19-20,22H,6-9,12-15,18H2,1H3,(H2,34,42)(H,40,41);1H. The summed E-state index contributed by atoms with van der Waals surface area (Å²) < 4.78 is 8.21. The minimum atomic E-state index is -1.07. The Kier molecular flexibility index (Phi) is 8.49. The minimum Gasteiger partial charge on any atom is -0.477 e. The molecule has 1 aliphatic carbocycles. The Morgan fingerprint density at radius 1 is 1.02 bits per heavy atom. The molecule has 3 N–H and O–H groups in total. The molecule has 2 aromatic carbocycles. The molecule has 4 aromatic rings. The van der Waals surface area contributed by atoms with Gasteiger partial charge in [-0.15, -0.1) is 23.7 Å². The summed E-state index contributed by atoms with van der Waals surface area (Å²) >= 11 is 1.17. The van der Waals surface area contributed by atoms with Crippen LogP contribution in [0.25, 0.3) is 32.9 Å². The van der Waals surface area contributed by atoms with Gasteiger partial charge < -0.3 is 25.4 Å². The molecule has 45 heavy (non-hydrogen) atoms. The van der Waals surface area contributed by atoms with Crippen LogP contribution in [0.2, 0.25) is 0 Å². The number of primary amides is 1. The summed E-state index contributed by atoms with van der Waals surface area (Å²) in [4.78, 5) is 47.7.